The van der Waals surface area contributed by atoms with Crippen molar-refractivity contribution in [2.24, 2.45) is 0 Å². The molecule has 2 N–H and O–H groups in total. The highest BCUT2D eigenvalue weighted by atomic mass is 16.3. The highest BCUT2D eigenvalue weighted by molar-refractivity contribution is 6.39. The summed E-state index contributed by atoms with van der Waals surface area (Å²) in [5.74, 6) is 1.17. The lowest BCUT2D eigenvalue weighted by Gasteiger charge is -2.24. The van der Waals surface area contributed by atoms with E-state index in [1.807, 2.05) is 0 Å². The van der Waals surface area contributed by atoms with Crippen LogP contribution < -0.4 is 10.6 Å². The smallest absolute Gasteiger partial charge is 0.135 e. The maximum atomic E-state index is 6.71. The fourth-order valence-electron chi connectivity index (χ4n) is 7.71. The fraction of sp³-hybridized carbons (Fsp3) is 0.278. The van der Waals surface area contributed by atoms with E-state index in [1.54, 1.807) is 0 Å². The minimum Gasteiger partial charge on any atom is -0.456 e. The molecule has 0 radical (unpaired) electrons. The highest BCUT2D eigenvalue weighted by Crippen LogP contribution is 2.46. The Balaban J connectivity index is 1.37. The van der Waals surface area contributed by atoms with Gasteiger partial charge in [-0.05, 0) is 110 Å². The molecule has 0 unspecified atom stereocenters. The van der Waals surface area contributed by atoms with E-state index in [0.29, 0.717) is 11.8 Å². The molecule has 7 aromatic rings. The summed E-state index contributed by atoms with van der Waals surface area (Å²) >= 11 is 0. The van der Waals surface area contributed by atoms with Crippen LogP contribution in [0, 0.1) is 0 Å². The zero-order valence-corrected chi connectivity index (χ0v) is 22.6. The lowest BCUT2D eigenvalue weighted by molar-refractivity contribution is 0.460. The molecule has 4 nitrogen and oxygen atoms in total. The maximum Gasteiger partial charge on any atom is 0.135 e. The summed E-state index contributed by atoms with van der Waals surface area (Å²) in [5.41, 5.74) is 6.62. The second-order valence-corrected chi connectivity index (χ2v) is 11.9. The molecule has 0 bridgehead atoms. The molecule has 4 heteroatoms. The van der Waals surface area contributed by atoms with Crippen molar-refractivity contribution in [1.82, 2.24) is 10.6 Å². The number of piperidine rings is 2. The van der Waals surface area contributed by atoms with Crippen molar-refractivity contribution in [3.63, 3.8) is 0 Å². The minimum atomic E-state index is 0.586. The Labute approximate surface area is 232 Å². The van der Waals surface area contributed by atoms with Gasteiger partial charge in [-0.3, -0.25) is 0 Å². The van der Waals surface area contributed by atoms with Crippen molar-refractivity contribution in [2.75, 3.05) is 26.2 Å². The number of benzene rings is 5. The van der Waals surface area contributed by atoms with Crippen LogP contribution in [-0.2, 0) is 0 Å². The molecule has 9 rings (SSSR count). The van der Waals surface area contributed by atoms with E-state index in [9.17, 15) is 0 Å². The molecule has 2 aliphatic rings. The molecule has 4 heterocycles. The Kier molecular flexibility index (Phi) is 5.05. The molecule has 2 aromatic heterocycles. The third kappa shape index (κ3) is 3.33. The summed E-state index contributed by atoms with van der Waals surface area (Å²) in [7, 11) is 0. The molecule has 2 aliphatic heterocycles. The van der Waals surface area contributed by atoms with Crippen molar-refractivity contribution < 1.29 is 8.83 Å². The molecule has 198 valence electrons. The predicted molar refractivity (Wildman–Crippen MR) is 166 cm³/mol. The summed E-state index contributed by atoms with van der Waals surface area (Å²) in [4.78, 5) is 0. The first-order chi connectivity index (χ1) is 19.8. The van der Waals surface area contributed by atoms with E-state index in [2.05, 4.69) is 83.4 Å². The summed E-state index contributed by atoms with van der Waals surface area (Å²) in [6.07, 6.45) is 4.71. The van der Waals surface area contributed by atoms with Crippen LogP contribution in [0.4, 0.5) is 0 Å². The quantitative estimate of drug-likeness (QED) is 0.175. The number of hydrogen-bond donors (Lipinski definition) is 2. The Morgan fingerprint density at radius 1 is 0.450 bits per heavy atom. The Morgan fingerprint density at radius 3 is 1.35 bits per heavy atom. The number of nitrogens with one attached hydrogen (secondary N) is 2. The van der Waals surface area contributed by atoms with Gasteiger partial charge in [-0.15, -0.1) is 0 Å². The second kappa shape index (κ2) is 8.82. The van der Waals surface area contributed by atoms with Gasteiger partial charge in [0, 0.05) is 32.3 Å². The highest BCUT2D eigenvalue weighted by Gasteiger charge is 2.22. The molecule has 0 saturated carbocycles. The average Bonchev–Trinajstić information content (AvgIpc) is 3.02. The lowest BCUT2D eigenvalue weighted by Crippen LogP contribution is -2.26. The Bertz CT molecular complexity index is 1940. The van der Waals surface area contributed by atoms with E-state index in [1.165, 1.54) is 79.9 Å². The summed E-state index contributed by atoms with van der Waals surface area (Å²) in [6.45, 7) is 4.34. The first kappa shape index (κ1) is 22.9. The molecule has 0 atom stereocenters. The molecular weight excluding hydrogens is 492 g/mol. The molecule has 5 aromatic carbocycles. The summed E-state index contributed by atoms with van der Waals surface area (Å²) < 4.78 is 13.4. The van der Waals surface area contributed by atoms with Crippen molar-refractivity contribution in [1.29, 1.82) is 0 Å². The number of hydrogen-bond acceptors (Lipinski definition) is 4. The third-order valence-electron chi connectivity index (χ3n) is 9.70. The van der Waals surface area contributed by atoms with Crippen LogP contribution in [0.25, 0.3) is 65.4 Å². The summed E-state index contributed by atoms with van der Waals surface area (Å²) in [5, 5.41) is 16.8. The van der Waals surface area contributed by atoms with Crippen molar-refractivity contribution in [3.8, 4) is 0 Å². The van der Waals surface area contributed by atoms with Crippen LogP contribution in [0.2, 0.25) is 0 Å². The largest absolute Gasteiger partial charge is 0.456 e. The normalized spacial score (nSPS) is 17.8. The van der Waals surface area contributed by atoms with Gasteiger partial charge in [0.05, 0.1) is 0 Å². The maximum absolute atomic E-state index is 6.71. The lowest BCUT2D eigenvalue weighted by atomic mass is 9.87. The van der Waals surface area contributed by atoms with Crippen LogP contribution in [0.5, 0.6) is 0 Å². The minimum absolute atomic E-state index is 0.586. The molecule has 2 saturated heterocycles. The van der Waals surface area contributed by atoms with Gasteiger partial charge in [-0.25, -0.2) is 0 Å². The zero-order chi connectivity index (χ0) is 26.2. The van der Waals surface area contributed by atoms with Crippen molar-refractivity contribution in [2.45, 2.75) is 37.5 Å². The first-order valence-electron chi connectivity index (χ1n) is 14.9. The summed E-state index contributed by atoms with van der Waals surface area (Å²) in [6, 6.07) is 27.0. The Morgan fingerprint density at radius 2 is 0.900 bits per heavy atom. The molecule has 40 heavy (non-hydrogen) atoms. The van der Waals surface area contributed by atoms with Gasteiger partial charge in [0.1, 0.15) is 22.3 Å². The monoisotopic (exact) mass is 524 g/mol. The van der Waals surface area contributed by atoms with Crippen LogP contribution in [0.3, 0.4) is 0 Å². The van der Waals surface area contributed by atoms with Crippen LogP contribution in [0.1, 0.15) is 48.6 Å². The molecule has 0 spiro atoms. The second-order valence-electron chi connectivity index (χ2n) is 11.9. The Hall–Kier alpha value is -3.86. The van der Waals surface area contributed by atoms with E-state index in [0.717, 1.165) is 48.5 Å². The fourth-order valence-corrected chi connectivity index (χ4v) is 7.71. The van der Waals surface area contributed by atoms with Gasteiger partial charge < -0.3 is 19.5 Å². The van der Waals surface area contributed by atoms with Crippen molar-refractivity contribution >= 4 is 65.4 Å². The molecule has 0 amide bonds. The van der Waals surface area contributed by atoms with Gasteiger partial charge in [0.15, 0.2) is 0 Å². The van der Waals surface area contributed by atoms with E-state index < -0.39 is 0 Å². The third-order valence-corrected chi connectivity index (χ3v) is 9.70. The van der Waals surface area contributed by atoms with Crippen LogP contribution in [0.15, 0.2) is 81.6 Å². The van der Waals surface area contributed by atoms with Gasteiger partial charge in [0.2, 0.25) is 0 Å². The molecule has 0 aliphatic carbocycles. The first-order valence-corrected chi connectivity index (χ1v) is 14.9. The van der Waals surface area contributed by atoms with Gasteiger partial charge in [-0.2, -0.15) is 0 Å². The van der Waals surface area contributed by atoms with Crippen molar-refractivity contribution in [3.05, 3.63) is 83.9 Å². The molecule has 2 fully saturated rings. The standard InChI is InChI=1S/C36H32N2O2/c1-3-27-33-25-9-7-24(22-13-17-38-18-14-22)20-32(25)40-30-6-2-4-28(36(30)33)34-26-10-8-23(21-11-15-37-16-12-21)19-31(26)39-29(5-1)35(27)34/h1-10,19-22,37-38H,11-18H2. The van der Waals surface area contributed by atoms with Gasteiger partial charge in [-0.1, -0.05) is 48.5 Å². The van der Waals surface area contributed by atoms with Gasteiger partial charge in [0.25, 0.3) is 0 Å². The van der Waals surface area contributed by atoms with E-state index in [4.69, 9.17) is 8.83 Å². The van der Waals surface area contributed by atoms with Crippen LogP contribution >= 0.6 is 0 Å². The topological polar surface area (TPSA) is 50.3 Å². The zero-order valence-electron chi connectivity index (χ0n) is 22.6. The molecular formula is C36H32N2O2. The van der Waals surface area contributed by atoms with Crippen LogP contribution in [-0.4, -0.2) is 26.2 Å². The predicted octanol–water partition coefficient (Wildman–Crippen LogP) is 8.73. The number of fused-ring (bicyclic) bond motifs is 6. The van der Waals surface area contributed by atoms with E-state index >= 15 is 0 Å². The number of rotatable bonds is 2. The van der Waals surface area contributed by atoms with Gasteiger partial charge >= 0.3 is 0 Å². The SMILES string of the molecule is c1cc2oc3cc(C4CCNCC4)ccc3c3c4cccc5oc6cc(C7CCNCC7)ccc6c(c(c1)c23)c54. The average molecular weight is 525 g/mol. The van der Waals surface area contributed by atoms with E-state index in [-0.39, 0.29) is 0 Å².